The minimum absolute atomic E-state index is 0.406. The SMILES string of the molecule is C[C@H](OC(=O)c1ccc(-c2ccc3c(c2)OCCO3)s1)C(N)=O. The zero-order valence-electron chi connectivity index (χ0n) is 12.4. The molecule has 0 saturated carbocycles. The number of benzene rings is 1. The van der Waals surface area contributed by atoms with Crippen LogP contribution in [0.1, 0.15) is 16.6 Å². The van der Waals surface area contributed by atoms with Gasteiger partial charge in [-0.3, -0.25) is 4.79 Å². The molecule has 0 bridgehead atoms. The van der Waals surface area contributed by atoms with Crippen LogP contribution in [-0.4, -0.2) is 31.2 Å². The number of carbonyl (C=O) groups excluding carboxylic acids is 2. The van der Waals surface area contributed by atoms with Gasteiger partial charge in [0.15, 0.2) is 17.6 Å². The lowest BCUT2D eigenvalue weighted by atomic mass is 10.1. The third-order valence-corrected chi connectivity index (χ3v) is 4.43. The summed E-state index contributed by atoms with van der Waals surface area (Å²) in [7, 11) is 0. The minimum atomic E-state index is -0.956. The topological polar surface area (TPSA) is 87.8 Å². The first-order chi connectivity index (χ1) is 11.0. The Morgan fingerprint density at radius 1 is 1.17 bits per heavy atom. The van der Waals surface area contributed by atoms with Crippen molar-refractivity contribution < 1.29 is 23.8 Å². The lowest BCUT2D eigenvalue weighted by Gasteiger charge is -2.18. The summed E-state index contributed by atoms with van der Waals surface area (Å²) in [6, 6.07) is 9.10. The fraction of sp³-hybridized carbons (Fsp3) is 0.250. The first kappa shape index (κ1) is 15.4. The molecule has 1 aliphatic rings. The fourth-order valence-electron chi connectivity index (χ4n) is 2.08. The third kappa shape index (κ3) is 3.29. The van der Waals surface area contributed by atoms with Crippen LogP contribution in [0.2, 0.25) is 0 Å². The molecule has 23 heavy (non-hydrogen) atoms. The van der Waals surface area contributed by atoms with Crippen LogP contribution in [0.5, 0.6) is 11.5 Å². The van der Waals surface area contributed by atoms with E-state index in [0.717, 1.165) is 10.4 Å². The van der Waals surface area contributed by atoms with Gasteiger partial charge in [-0.25, -0.2) is 4.79 Å². The molecule has 120 valence electrons. The molecule has 0 radical (unpaired) electrons. The molecule has 6 nitrogen and oxygen atoms in total. The molecule has 1 aliphatic heterocycles. The second-order valence-corrected chi connectivity index (χ2v) is 6.06. The van der Waals surface area contributed by atoms with Crippen molar-refractivity contribution in [1.82, 2.24) is 0 Å². The summed E-state index contributed by atoms with van der Waals surface area (Å²) < 4.78 is 16.0. The maximum atomic E-state index is 12.0. The monoisotopic (exact) mass is 333 g/mol. The second kappa shape index (κ2) is 6.29. The molecule has 1 aromatic heterocycles. The van der Waals surface area contributed by atoms with Crippen molar-refractivity contribution in [3.63, 3.8) is 0 Å². The number of rotatable bonds is 4. The van der Waals surface area contributed by atoms with Crippen LogP contribution in [0.25, 0.3) is 10.4 Å². The summed E-state index contributed by atoms with van der Waals surface area (Å²) in [5.41, 5.74) is 6.00. The van der Waals surface area contributed by atoms with Gasteiger partial charge >= 0.3 is 5.97 Å². The maximum Gasteiger partial charge on any atom is 0.349 e. The zero-order valence-corrected chi connectivity index (χ0v) is 13.2. The molecule has 0 aliphatic carbocycles. The van der Waals surface area contributed by atoms with Gasteiger partial charge in [0.1, 0.15) is 18.1 Å². The molecule has 0 spiro atoms. The van der Waals surface area contributed by atoms with Gasteiger partial charge in [0.05, 0.1) is 0 Å². The molecule has 1 aromatic carbocycles. The molecule has 0 fully saturated rings. The van der Waals surface area contributed by atoms with E-state index in [1.165, 1.54) is 18.3 Å². The Bertz CT molecular complexity index is 755. The van der Waals surface area contributed by atoms with Crippen molar-refractivity contribution >= 4 is 23.2 Å². The molecule has 1 atom stereocenters. The molecule has 3 rings (SSSR count). The van der Waals surface area contributed by atoms with E-state index in [0.29, 0.717) is 29.6 Å². The number of thiophene rings is 1. The van der Waals surface area contributed by atoms with Gasteiger partial charge in [-0.1, -0.05) is 0 Å². The molecule has 7 heteroatoms. The summed E-state index contributed by atoms with van der Waals surface area (Å²) in [6.45, 7) is 2.50. The van der Waals surface area contributed by atoms with Gasteiger partial charge in [-0.15, -0.1) is 11.3 Å². The number of ether oxygens (including phenoxy) is 3. The van der Waals surface area contributed by atoms with Gasteiger partial charge in [0.25, 0.3) is 5.91 Å². The minimum Gasteiger partial charge on any atom is -0.486 e. The number of carbonyl (C=O) groups is 2. The number of primary amides is 1. The highest BCUT2D eigenvalue weighted by Crippen LogP contribution is 2.37. The molecule has 0 saturated heterocycles. The Balaban J connectivity index is 1.79. The second-order valence-electron chi connectivity index (χ2n) is 4.97. The van der Waals surface area contributed by atoms with E-state index in [-0.39, 0.29) is 0 Å². The Labute approximate surface area is 136 Å². The van der Waals surface area contributed by atoms with Crippen LogP contribution in [-0.2, 0) is 9.53 Å². The van der Waals surface area contributed by atoms with E-state index in [9.17, 15) is 9.59 Å². The number of hydrogen-bond donors (Lipinski definition) is 1. The predicted octanol–water partition coefficient (Wildman–Crippen LogP) is 2.22. The average molecular weight is 333 g/mol. The van der Waals surface area contributed by atoms with E-state index in [1.54, 1.807) is 6.07 Å². The lowest BCUT2D eigenvalue weighted by molar-refractivity contribution is -0.125. The normalized spacial score (nSPS) is 14.1. The Hall–Kier alpha value is -2.54. The molecule has 2 aromatic rings. The summed E-state index contributed by atoms with van der Waals surface area (Å²) in [6.07, 6.45) is -0.956. The fourth-order valence-corrected chi connectivity index (χ4v) is 2.96. The number of amides is 1. The summed E-state index contributed by atoms with van der Waals surface area (Å²) in [5.74, 6) is 0.159. The first-order valence-electron chi connectivity index (χ1n) is 7.05. The van der Waals surface area contributed by atoms with Crippen molar-refractivity contribution in [2.24, 2.45) is 5.73 Å². The summed E-state index contributed by atoms with van der Waals surface area (Å²) in [4.78, 5) is 24.2. The lowest BCUT2D eigenvalue weighted by Crippen LogP contribution is -2.30. The smallest absolute Gasteiger partial charge is 0.349 e. The number of fused-ring (bicyclic) bond motifs is 1. The molecular formula is C16H15NO5S. The number of nitrogens with two attached hydrogens (primary N) is 1. The van der Waals surface area contributed by atoms with Gasteiger partial charge in [0, 0.05) is 4.88 Å². The Morgan fingerprint density at radius 3 is 2.65 bits per heavy atom. The Morgan fingerprint density at radius 2 is 1.91 bits per heavy atom. The van der Waals surface area contributed by atoms with E-state index in [2.05, 4.69) is 0 Å². The zero-order chi connectivity index (χ0) is 16.4. The largest absolute Gasteiger partial charge is 0.486 e. The van der Waals surface area contributed by atoms with Crippen molar-refractivity contribution in [1.29, 1.82) is 0 Å². The van der Waals surface area contributed by atoms with Gasteiger partial charge in [-0.05, 0) is 42.8 Å². The molecule has 2 N–H and O–H groups in total. The van der Waals surface area contributed by atoms with Gasteiger partial charge in [0.2, 0.25) is 0 Å². The van der Waals surface area contributed by atoms with Crippen molar-refractivity contribution in [2.75, 3.05) is 13.2 Å². The van der Waals surface area contributed by atoms with Crippen LogP contribution < -0.4 is 15.2 Å². The number of hydrogen-bond acceptors (Lipinski definition) is 6. The standard InChI is InChI=1S/C16H15NO5S/c1-9(15(17)18)22-16(19)14-5-4-13(23-14)10-2-3-11-12(8-10)21-7-6-20-11/h2-5,8-9H,6-7H2,1H3,(H2,17,18)/t9-/m0/s1. The van der Waals surface area contributed by atoms with Gasteiger partial charge in [-0.2, -0.15) is 0 Å². The van der Waals surface area contributed by atoms with Crippen LogP contribution in [0.3, 0.4) is 0 Å². The van der Waals surface area contributed by atoms with Crippen molar-refractivity contribution in [3.05, 3.63) is 35.2 Å². The number of esters is 1. The van der Waals surface area contributed by atoms with Crippen LogP contribution in [0.15, 0.2) is 30.3 Å². The van der Waals surface area contributed by atoms with E-state index < -0.39 is 18.0 Å². The highest BCUT2D eigenvalue weighted by molar-refractivity contribution is 7.17. The van der Waals surface area contributed by atoms with E-state index in [4.69, 9.17) is 19.9 Å². The van der Waals surface area contributed by atoms with Crippen LogP contribution in [0, 0.1) is 0 Å². The van der Waals surface area contributed by atoms with Crippen molar-refractivity contribution in [2.45, 2.75) is 13.0 Å². The third-order valence-electron chi connectivity index (χ3n) is 3.32. The van der Waals surface area contributed by atoms with Gasteiger partial charge < -0.3 is 19.9 Å². The molecule has 0 unspecified atom stereocenters. The van der Waals surface area contributed by atoms with E-state index >= 15 is 0 Å². The first-order valence-corrected chi connectivity index (χ1v) is 7.86. The van der Waals surface area contributed by atoms with Crippen LogP contribution >= 0.6 is 11.3 Å². The summed E-state index contributed by atoms with van der Waals surface area (Å²) in [5, 5.41) is 0. The molecule has 1 amide bonds. The Kier molecular flexibility index (Phi) is 4.20. The van der Waals surface area contributed by atoms with E-state index in [1.807, 2.05) is 24.3 Å². The highest BCUT2D eigenvalue weighted by atomic mass is 32.1. The van der Waals surface area contributed by atoms with Crippen molar-refractivity contribution in [3.8, 4) is 21.9 Å². The quantitative estimate of drug-likeness (QED) is 0.867. The average Bonchev–Trinajstić information content (AvgIpc) is 3.04. The van der Waals surface area contributed by atoms with Crippen LogP contribution in [0.4, 0.5) is 0 Å². The highest BCUT2D eigenvalue weighted by Gasteiger charge is 2.19. The maximum absolute atomic E-state index is 12.0. The molecular weight excluding hydrogens is 318 g/mol. The predicted molar refractivity (Wildman–Crippen MR) is 84.8 cm³/mol. The molecule has 2 heterocycles. The summed E-state index contributed by atoms with van der Waals surface area (Å²) >= 11 is 1.28.